The number of nitrogens with zero attached hydrogens (tertiary/aromatic N) is 1. The molecule has 0 saturated heterocycles. The Hall–Kier alpha value is -2.16. The van der Waals surface area contributed by atoms with E-state index >= 15 is 0 Å². The normalized spacial score (nSPS) is 13.3. The number of carbonyl (C=O) groups excluding carboxylic acids is 1. The molecule has 6 nitrogen and oxygen atoms in total. The number of halogens is 1. The first kappa shape index (κ1) is 19.6. The average molecular weight is 483 g/mol. The number of benzene rings is 2. The number of hydrogen-bond donors (Lipinski definition) is 0. The summed E-state index contributed by atoms with van der Waals surface area (Å²) in [5.74, 6) is 2.77. The van der Waals surface area contributed by atoms with Crippen LogP contribution in [0, 0.1) is 0 Å². The SMILES string of the molecule is CCC(=O)N1CCOc2c(cc(-c3ccc(OC)c(OC)c3)cc2OI)C1. The highest BCUT2D eigenvalue weighted by molar-refractivity contribution is 14.1. The van der Waals surface area contributed by atoms with Crippen molar-refractivity contribution in [2.75, 3.05) is 27.4 Å². The van der Waals surface area contributed by atoms with E-state index in [4.69, 9.17) is 17.3 Å². The van der Waals surface area contributed by atoms with Crippen molar-refractivity contribution in [3.8, 4) is 34.1 Å². The van der Waals surface area contributed by atoms with Gasteiger partial charge in [0, 0.05) is 18.5 Å². The van der Waals surface area contributed by atoms with E-state index in [0.717, 1.165) is 16.7 Å². The topological polar surface area (TPSA) is 57.2 Å². The van der Waals surface area contributed by atoms with Gasteiger partial charge in [0.25, 0.3) is 0 Å². The molecule has 0 N–H and O–H groups in total. The second-order valence-electron chi connectivity index (χ2n) is 6.13. The number of carbonyl (C=O) groups is 1. The first-order valence-corrected chi connectivity index (χ1v) is 9.57. The molecule has 0 spiro atoms. The Morgan fingerprint density at radius 2 is 1.85 bits per heavy atom. The third kappa shape index (κ3) is 4.07. The van der Waals surface area contributed by atoms with Crippen molar-refractivity contribution in [3.05, 3.63) is 35.9 Å². The second-order valence-corrected chi connectivity index (χ2v) is 6.57. The summed E-state index contributed by atoms with van der Waals surface area (Å²) in [4.78, 5) is 14.0. The lowest BCUT2D eigenvalue weighted by Gasteiger charge is -2.19. The first-order valence-electron chi connectivity index (χ1n) is 8.69. The lowest BCUT2D eigenvalue weighted by atomic mass is 10.0. The maximum Gasteiger partial charge on any atom is 0.222 e. The summed E-state index contributed by atoms with van der Waals surface area (Å²) >= 11 is 1.85. The molecular formula is C20H22INO5. The molecule has 1 aliphatic heterocycles. The Morgan fingerprint density at radius 3 is 2.52 bits per heavy atom. The van der Waals surface area contributed by atoms with Gasteiger partial charge >= 0.3 is 0 Å². The van der Waals surface area contributed by atoms with E-state index in [1.54, 1.807) is 14.2 Å². The Kier molecular flexibility index (Phi) is 6.30. The third-order valence-corrected chi connectivity index (χ3v) is 5.03. The zero-order valence-electron chi connectivity index (χ0n) is 15.6. The summed E-state index contributed by atoms with van der Waals surface area (Å²) in [5.41, 5.74) is 2.84. The molecule has 27 heavy (non-hydrogen) atoms. The van der Waals surface area contributed by atoms with Gasteiger partial charge in [0.05, 0.1) is 20.8 Å². The van der Waals surface area contributed by atoms with Crippen molar-refractivity contribution in [3.63, 3.8) is 0 Å². The molecule has 7 heteroatoms. The monoisotopic (exact) mass is 483 g/mol. The summed E-state index contributed by atoms with van der Waals surface area (Å²) in [6.45, 7) is 3.37. The third-order valence-electron chi connectivity index (χ3n) is 4.56. The highest BCUT2D eigenvalue weighted by atomic mass is 127. The van der Waals surface area contributed by atoms with Gasteiger partial charge in [-0.1, -0.05) is 13.0 Å². The van der Waals surface area contributed by atoms with Gasteiger partial charge < -0.3 is 22.2 Å². The van der Waals surface area contributed by atoms with Gasteiger partial charge in [-0.25, -0.2) is 0 Å². The fourth-order valence-corrected chi connectivity index (χ4v) is 3.49. The molecule has 0 aliphatic carbocycles. The van der Waals surface area contributed by atoms with Crippen LogP contribution in [0.1, 0.15) is 18.9 Å². The molecular weight excluding hydrogens is 461 g/mol. The highest BCUT2D eigenvalue weighted by Crippen LogP contribution is 2.41. The average Bonchev–Trinajstić information content (AvgIpc) is 2.94. The molecule has 1 amide bonds. The Morgan fingerprint density at radius 1 is 1.11 bits per heavy atom. The molecule has 0 radical (unpaired) electrons. The van der Waals surface area contributed by atoms with E-state index in [1.807, 2.05) is 65.2 Å². The van der Waals surface area contributed by atoms with Gasteiger partial charge in [0.1, 0.15) is 6.61 Å². The minimum atomic E-state index is 0.111. The first-order chi connectivity index (χ1) is 13.1. The molecule has 2 aromatic rings. The van der Waals surface area contributed by atoms with E-state index < -0.39 is 0 Å². The van der Waals surface area contributed by atoms with E-state index in [1.165, 1.54) is 0 Å². The Bertz CT molecular complexity index is 839. The molecule has 0 unspecified atom stereocenters. The minimum Gasteiger partial charge on any atom is -0.493 e. The summed E-state index contributed by atoms with van der Waals surface area (Å²) in [6, 6.07) is 9.73. The van der Waals surface area contributed by atoms with Crippen LogP contribution in [0.25, 0.3) is 11.1 Å². The maximum atomic E-state index is 12.2. The predicted octanol–water partition coefficient (Wildman–Crippen LogP) is 4.23. The number of amides is 1. The molecule has 1 aliphatic rings. The van der Waals surface area contributed by atoms with Crippen molar-refractivity contribution in [2.45, 2.75) is 19.9 Å². The van der Waals surface area contributed by atoms with Crippen molar-refractivity contribution >= 4 is 28.9 Å². The number of methoxy groups -OCH3 is 2. The van der Waals surface area contributed by atoms with Crippen LogP contribution in [0.2, 0.25) is 0 Å². The molecule has 0 saturated carbocycles. The quantitative estimate of drug-likeness (QED) is 0.596. The van der Waals surface area contributed by atoms with Crippen LogP contribution < -0.4 is 17.3 Å². The van der Waals surface area contributed by atoms with E-state index in [2.05, 4.69) is 0 Å². The van der Waals surface area contributed by atoms with Crippen molar-refractivity contribution in [2.24, 2.45) is 0 Å². The predicted molar refractivity (Wildman–Crippen MR) is 111 cm³/mol. The van der Waals surface area contributed by atoms with Gasteiger partial charge in [-0.15, -0.1) is 0 Å². The standard InChI is InChI=1S/C20H22INO5/c1-4-19(23)22-7-8-26-20-15(12-22)9-14(11-18(20)27-21)13-5-6-16(24-2)17(10-13)25-3/h5-6,9-11H,4,7-8,12H2,1-3H3. The number of rotatable bonds is 5. The number of fused-ring (bicyclic) bond motifs is 1. The van der Waals surface area contributed by atoms with Crippen LogP contribution in [-0.2, 0) is 11.3 Å². The van der Waals surface area contributed by atoms with Gasteiger partial charge in [-0.05, 0) is 35.4 Å². The number of ether oxygens (including phenoxy) is 3. The molecule has 0 aromatic heterocycles. The molecule has 0 bridgehead atoms. The van der Waals surface area contributed by atoms with Gasteiger partial charge in [0.15, 0.2) is 46.0 Å². The van der Waals surface area contributed by atoms with Crippen LogP contribution in [0.3, 0.4) is 0 Å². The van der Waals surface area contributed by atoms with Gasteiger partial charge in [-0.2, -0.15) is 0 Å². The maximum absolute atomic E-state index is 12.2. The Labute approximate surface area is 173 Å². The van der Waals surface area contributed by atoms with Crippen LogP contribution in [0.4, 0.5) is 0 Å². The van der Waals surface area contributed by atoms with Crippen molar-refractivity contribution in [1.82, 2.24) is 4.90 Å². The zero-order valence-corrected chi connectivity index (χ0v) is 17.7. The molecule has 3 rings (SSSR count). The number of hydrogen-bond acceptors (Lipinski definition) is 5. The Balaban J connectivity index is 2.06. The van der Waals surface area contributed by atoms with Gasteiger partial charge in [-0.3, -0.25) is 4.79 Å². The lowest BCUT2D eigenvalue weighted by molar-refractivity contribution is -0.131. The molecule has 2 aromatic carbocycles. The van der Waals surface area contributed by atoms with Gasteiger partial charge in [0.2, 0.25) is 5.91 Å². The van der Waals surface area contributed by atoms with E-state index in [-0.39, 0.29) is 5.91 Å². The smallest absolute Gasteiger partial charge is 0.222 e. The minimum absolute atomic E-state index is 0.111. The second kappa shape index (κ2) is 8.69. The summed E-state index contributed by atoms with van der Waals surface area (Å²) < 4.78 is 22.2. The molecule has 1 heterocycles. The zero-order chi connectivity index (χ0) is 19.4. The van der Waals surface area contributed by atoms with E-state index in [0.29, 0.717) is 49.1 Å². The molecule has 144 valence electrons. The fraction of sp³-hybridized carbons (Fsp3) is 0.350. The molecule has 0 atom stereocenters. The van der Waals surface area contributed by atoms with Crippen molar-refractivity contribution in [1.29, 1.82) is 0 Å². The van der Waals surface area contributed by atoms with Crippen LogP contribution in [0.5, 0.6) is 23.0 Å². The van der Waals surface area contributed by atoms with Crippen molar-refractivity contribution < 1.29 is 22.1 Å². The van der Waals surface area contributed by atoms with Crippen LogP contribution in [-0.4, -0.2) is 38.2 Å². The van der Waals surface area contributed by atoms with E-state index in [9.17, 15) is 4.79 Å². The summed E-state index contributed by atoms with van der Waals surface area (Å²) in [5, 5.41) is 0. The molecule has 0 fully saturated rings. The van der Waals surface area contributed by atoms with Crippen LogP contribution in [0.15, 0.2) is 30.3 Å². The summed E-state index contributed by atoms with van der Waals surface area (Å²) in [6.07, 6.45) is 0.473. The summed E-state index contributed by atoms with van der Waals surface area (Å²) in [7, 11) is 3.22. The largest absolute Gasteiger partial charge is 0.493 e. The van der Waals surface area contributed by atoms with Crippen LogP contribution >= 0.6 is 23.0 Å². The lowest BCUT2D eigenvalue weighted by Crippen LogP contribution is -2.31. The fourth-order valence-electron chi connectivity index (χ4n) is 3.16. The highest BCUT2D eigenvalue weighted by Gasteiger charge is 2.23.